The summed E-state index contributed by atoms with van der Waals surface area (Å²) in [6.07, 6.45) is 1.98. The van der Waals surface area contributed by atoms with E-state index in [-0.39, 0.29) is 5.91 Å². The van der Waals surface area contributed by atoms with E-state index in [1.54, 1.807) is 18.2 Å². The van der Waals surface area contributed by atoms with Gasteiger partial charge in [-0.3, -0.25) is 9.59 Å². The summed E-state index contributed by atoms with van der Waals surface area (Å²) in [5.74, 6) is -1.22. The zero-order chi connectivity index (χ0) is 23.1. The number of carboxylic acids is 1. The summed E-state index contributed by atoms with van der Waals surface area (Å²) in [5, 5.41) is 27.5. The first-order valence-corrected chi connectivity index (χ1v) is 11.7. The van der Waals surface area contributed by atoms with Crippen LogP contribution in [0, 0.1) is 0 Å². The minimum atomic E-state index is -1.08. The van der Waals surface area contributed by atoms with Crippen LogP contribution in [0.25, 0.3) is 11.1 Å². The molecule has 0 radical (unpaired) electrons. The summed E-state index contributed by atoms with van der Waals surface area (Å²) in [7, 11) is 0. The minimum Gasteiger partial charge on any atom is -0.480 e. The molecule has 1 unspecified atom stereocenters. The lowest BCUT2D eigenvalue weighted by molar-refractivity contribution is -0.139. The van der Waals surface area contributed by atoms with Crippen LogP contribution in [0.4, 0.5) is 5.69 Å². The molecule has 5 N–H and O–H groups in total. The highest BCUT2D eigenvalue weighted by atomic mass is 32.2. The Balaban J connectivity index is 1.86. The average Bonchev–Trinajstić information content (AvgIpc) is 3.23. The van der Waals surface area contributed by atoms with Crippen LogP contribution in [0.2, 0.25) is 0 Å². The molecule has 1 heterocycles. The van der Waals surface area contributed by atoms with Gasteiger partial charge in [0.05, 0.1) is 12.1 Å². The lowest BCUT2D eigenvalue weighted by Crippen LogP contribution is -2.41. The van der Waals surface area contributed by atoms with E-state index in [0.29, 0.717) is 42.0 Å². The largest absolute Gasteiger partial charge is 0.480 e. The van der Waals surface area contributed by atoms with Crippen molar-refractivity contribution in [3.8, 4) is 11.1 Å². The molecule has 0 aliphatic carbocycles. The number of amides is 2. The first-order chi connectivity index (χ1) is 15.4. The molecule has 8 nitrogen and oxygen atoms in total. The monoisotopic (exact) mass is 457 g/mol. The number of hydrogen-bond donors (Lipinski definition) is 5. The molecule has 2 aromatic carbocycles. The number of aliphatic hydroxyl groups excluding tert-OH is 1. The summed E-state index contributed by atoms with van der Waals surface area (Å²) in [5.41, 5.74) is 2.17. The Morgan fingerprint density at radius 3 is 2.56 bits per heavy atom. The molecule has 9 heteroatoms. The van der Waals surface area contributed by atoms with E-state index >= 15 is 0 Å². The van der Waals surface area contributed by atoms with Crippen molar-refractivity contribution >= 4 is 35.2 Å². The maximum absolute atomic E-state index is 13.0. The fourth-order valence-corrected chi connectivity index (χ4v) is 4.02. The van der Waals surface area contributed by atoms with Crippen LogP contribution in [0.1, 0.15) is 23.2 Å². The number of hydrogen-bond acceptors (Lipinski definition) is 6. The van der Waals surface area contributed by atoms with Crippen molar-refractivity contribution in [1.82, 2.24) is 10.6 Å². The Labute approximate surface area is 190 Å². The summed E-state index contributed by atoms with van der Waals surface area (Å²) in [4.78, 5) is 37.1. The maximum atomic E-state index is 13.0. The Bertz CT molecular complexity index is 969. The number of nitrogens with one attached hydrogen (secondary N) is 3. The van der Waals surface area contributed by atoms with Gasteiger partial charge in [-0.1, -0.05) is 30.3 Å². The molecule has 0 aromatic heterocycles. The van der Waals surface area contributed by atoms with Gasteiger partial charge in [0, 0.05) is 17.8 Å². The van der Waals surface area contributed by atoms with Gasteiger partial charge < -0.3 is 26.2 Å². The van der Waals surface area contributed by atoms with Crippen LogP contribution in [0.5, 0.6) is 0 Å². The number of carbonyl (C=O) groups is 3. The van der Waals surface area contributed by atoms with Crippen molar-refractivity contribution in [2.45, 2.75) is 31.0 Å². The molecule has 1 fully saturated rings. The predicted molar refractivity (Wildman–Crippen MR) is 125 cm³/mol. The van der Waals surface area contributed by atoms with Gasteiger partial charge in [-0.05, 0) is 54.2 Å². The molecular formula is C23H27N3O5S. The van der Waals surface area contributed by atoms with Gasteiger partial charge in [0.2, 0.25) is 5.91 Å². The molecule has 0 bridgehead atoms. The number of thioether (sulfide) groups is 1. The molecular weight excluding hydrogens is 430 g/mol. The normalized spacial score (nSPS) is 18.7. The van der Waals surface area contributed by atoms with Gasteiger partial charge in [0.25, 0.3) is 5.91 Å². The molecule has 3 rings (SSSR count). The lowest BCUT2D eigenvalue weighted by Gasteiger charge is -2.17. The summed E-state index contributed by atoms with van der Waals surface area (Å²) >= 11 is 1.51. The number of aliphatic hydroxyl groups is 1. The van der Waals surface area contributed by atoms with Crippen LogP contribution in [0.3, 0.4) is 0 Å². The molecule has 32 heavy (non-hydrogen) atoms. The minimum absolute atomic E-state index is 0.263. The van der Waals surface area contributed by atoms with Crippen molar-refractivity contribution in [1.29, 1.82) is 0 Å². The number of aliphatic carboxylic acids is 1. The van der Waals surface area contributed by atoms with E-state index in [9.17, 15) is 24.6 Å². The first kappa shape index (κ1) is 23.8. The third-order valence-electron chi connectivity index (χ3n) is 5.25. The number of anilines is 1. The average molecular weight is 458 g/mol. The topological polar surface area (TPSA) is 128 Å². The van der Waals surface area contributed by atoms with Gasteiger partial charge in [0.15, 0.2) is 0 Å². The SMILES string of the molecule is CSCC[C@H](NC(=O)c1ccc(NC(=O)[C@@H]2CC(O)CN2)cc1-c1ccccc1)C(=O)O. The summed E-state index contributed by atoms with van der Waals surface area (Å²) in [6.45, 7) is 0.369. The van der Waals surface area contributed by atoms with Crippen molar-refractivity contribution in [3.63, 3.8) is 0 Å². The van der Waals surface area contributed by atoms with Gasteiger partial charge in [-0.15, -0.1) is 0 Å². The number of benzene rings is 2. The van der Waals surface area contributed by atoms with Crippen molar-refractivity contribution in [3.05, 3.63) is 54.1 Å². The van der Waals surface area contributed by atoms with E-state index in [1.165, 1.54) is 11.8 Å². The lowest BCUT2D eigenvalue weighted by atomic mass is 9.98. The Morgan fingerprint density at radius 2 is 1.94 bits per heavy atom. The molecule has 170 valence electrons. The van der Waals surface area contributed by atoms with Gasteiger partial charge in [0.1, 0.15) is 6.04 Å². The van der Waals surface area contributed by atoms with Gasteiger partial charge >= 0.3 is 5.97 Å². The number of carbonyl (C=O) groups excluding carboxylic acids is 2. The Kier molecular flexibility index (Phi) is 8.26. The molecule has 2 amide bonds. The van der Waals surface area contributed by atoms with E-state index in [0.717, 1.165) is 5.56 Å². The quantitative estimate of drug-likeness (QED) is 0.389. The number of carboxylic acid groups (broad SMARTS) is 1. The molecule has 0 spiro atoms. The van der Waals surface area contributed by atoms with Crippen molar-refractivity contribution in [2.75, 3.05) is 23.9 Å². The van der Waals surface area contributed by atoms with E-state index < -0.39 is 30.1 Å². The predicted octanol–water partition coefficient (Wildman–Crippen LogP) is 1.95. The maximum Gasteiger partial charge on any atom is 0.326 e. The van der Waals surface area contributed by atoms with E-state index in [2.05, 4.69) is 16.0 Å². The Morgan fingerprint density at radius 1 is 1.19 bits per heavy atom. The second kappa shape index (κ2) is 11.1. The smallest absolute Gasteiger partial charge is 0.326 e. The van der Waals surface area contributed by atoms with Crippen LogP contribution < -0.4 is 16.0 Å². The molecule has 1 aliphatic rings. The third-order valence-corrected chi connectivity index (χ3v) is 5.90. The van der Waals surface area contributed by atoms with E-state index in [1.807, 2.05) is 36.6 Å². The molecule has 1 aliphatic heterocycles. The highest BCUT2D eigenvalue weighted by Gasteiger charge is 2.28. The van der Waals surface area contributed by atoms with Gasteiger partial charge in [-0.2, -0.15) is 11.8 Å². The second-order valence-electron chi connectivity index (χ2n) is 7.61. The number of β-amino-alcohol motifs (C(OH)–C–C–N with tert-alkyl or cyclic N) is 1. The molecule has 2 aromatic rings. The zero-order valence-corrected chi connectivity index (χ0v) is 18.5. The fraction of sp³-hybridized carbons (Fsp3) is 0.348. The van der Waals surface area contributed by atoms with Gasteiger partial charge in [-0.25, -0.2) is 4.79 Å². The highest BCUT2D eigenvalue weighted by molar-refractivity contribution is 7.98. The van der Waals surface area contributed by atoms with Crippen LogP contribution in [-0.2, 0) is 9.59 Å². The summed E-state index contributed by atoms with van der Waals surface area (Å²) < 4.78 is 0. The number of rotatable bonds is 9. The standard InChI is InChI=1S/C23H27N3O5S/c1-32-10-9-19(23(30)31)26-21(28)17-8-7-15(11-18(17)14-5-3-2-4-6-14)25-22(29)20-12-16(27)13-24-20/h2-8,11,16,19-20,24,27H,9-10,12-13H2,1H3,(H,25,29)(H,26,28)(H,30,31)/t16?,19-,20-/m0/s1. The fourth-order valence-electron chi connectivity index (χ4n) is 3.55. The highest BCUT2D eigenvalue weighted by Crippen LogP contribution is 2.28. The third kappa shape index (κ3) is 6.09. The van der Waals surface area contributed by atoms with Crippen molar-refractivity contribution < 1.29 is 24.6 Å². The van der Waals surface area contributed by atoms with Crippen LogP contribution in [-0.4, -0.2) is 64.7 Å². The second-order valence-corrected chi connectivity index (χ2v) is 8.60. The van der Waals surface area contributed by atoms with E-state index in [4.69, 9.17) is 0 Å². The van der Waals surface area contributed by atoms with Crippen LogP contribution >= 0.6 is 11.8 Å². The molecule has 0 saturated carbocycles. The first-order valence-electron chi connectivity index (χ1n) is 10.3. The summed E-state index contributed by atoms with van der Waals surface area (Å²) in [6, 6.07) is 12.6. The Hall–Kier alpha value is -2.88. The van der Waals surface area contributed by atoms with Crippen molar-refractivity contribution in [2.24, 2.45) is 0 Å². The zero-order valence-electron chi connectivity index (χ0n) is 17.7. The molecule has 3 atom stereocenters. The molecule has 1 saturated heterocycles. The van der Waals surface area contributed by atoms with Crippen LogP contribution in [0.15, 0.2) is 48.5 Å².